The van der Waals surface area contributed by atoms with Crippen LogP contribution in [0.5, 0.6) is 0 Å². The molecule has 2 nitrogen and oxygen atoms in total. The third-order valence-corrected chi connectivity index (χ3v) is 6.11. The second kappa shape index (κ2) is 5.62. The molecule has 0 spiro atoms. The summed E-state index contributed by atoms with van der Waals surface area (Å²) >= 11 is 0. The Morgan fingerprint density at radius 2 is 1.03 bits per heavy atom. The van der Waals surface area contributed by atoms with Crippen LogP contribution in [0.1, 0.15) is 37.4 Å². The normalized spacial score (nSPS) is 13.1. The maximum Gasteiger partial charge on any atom is 0.194 e. The average molecular weight is 372 g/mol. The monoisotopic (exact) mass is 372 g/mol. The molecule has 0 unspecified atom stereocenters. The van der Waals surface area contributed by atoms with E-state index in [1.165, 1.54) is 0 Å². The van der Waals surface area contributed by atoms with Crippen LogP contribution in [0.3, 0.4) is 0 Å². The van der Waals surface area contributed by atoms with E-state index in [9.17, 15) is 9.59 Å². The van der Waals surface area contributed by atoms with E-state index < -0.39 is 0 Å². The van der Waals surface area contributed by atoms with Crippen molar-refractivity contribution in [3.05, 3.63) is 107 Å². The van der Waals surface area contributed by atoms with Crippen LogP contribution in [0.15, 0.2) is 78.9 Å². The summed E-state index contributed by atoms with van der Waals surface area (Å²) in [6.07, 6.45) is 0. The topological polar surface area (TPSA) is 34.1 Å². The van der Waals surface area contributed by atoms with E-state index in [1.807, 2.05) is 61.5 Å². The quantitative estimate of drug-likeness (QED) is 0.296. The van der Waals surface area contributed by atoms with Crippen molar-refractivity contribution in [3.63, 3.8) is 0 Å². The minimum absolute atomic E-state index is 0.0621. The fraction of sp³-hybridized carbons (Fsp3) is 0.0370. The van der Waals surface area contributed by atoms with Gasteiger partial charge in [-0.15, -0.1) is 0 Å². The van der Waals surface area contributed by atoms with Crippen LogP contribution in [-0.4, -0.2) is 11.6 Å². The third kappa shape index (κ3) is 2.17. The Morgan fingerprint density at radius 1 is 0.517 bits per heavy atom. The molecular weight excluding hydrogens is 356 g/mol. The van der Waals surface area contributed by atoms with E-state index in [0.717, 1.165) is 37.9 Å². The Hall–Kier alpha value is -3.78. The van der Waals surface area contributed by atoms with E-state index in [4.69, 9.17) is 0 Å². The van der Waals surface area contributed by atoms with Gasteiger partial charge in [-0.1, -0.05) is 48.5 Å². The standard InChI is InChI=1S/C27H16O2/c1-15-21-9-5-4-8-18(21)12-24-25(15)27(29)23-14-20-11-17-7-3-2-6-16(17)10-19(20)13-22(23)26(24)28/h2-14H,1H3. The molecule has 0 amide bonds. The van der Waals surface area contributed by atoms with Crippen LogP contribution in [-0.2, 0) is 0 Å². The zero-order chi connectivity index (χ0) is 19.7. The lowest BCUT2D eigenvalue weighted by molar-refractivity contribution is 0.0979. The Balaban J connectivity index is 1.68. The summed E-state index contributed by atoms with van der Waals surface area (Å²) in [6.45, 7) is 1.94. The predicted molar refractivity (Wildman–Crippen MR) is 117 cm³/mol. The lowest BCUT2D eigenvalue weighted by atomic mass is 9.79. The van der Waals surface area contributed by atoms with Crippen molar-refractivity contribution >= 4 is 43.9 Å². The number of aryl methyl sites for hydroxylation is 1. The van der Waals surface area contributed by atoms with Crippen LogP contribution in [0.4, 0.5) is 0 Å². The van der Waals surface area contributed by atoms with Crippen molar-refractivity contribution < 1.29 is 9.59 Å². The number of hydrogen-bond acceptors (Lipinski definition) is 2. The molecule has 0 aromatic heterocycles. The number of ketones is 2. The van der Waals surface area contributed by atoms with Gasteiger partial charge >= 0.3 is 0 Å². The van der Waals surface area contributed by atoms with Crippen molar-refractivity contribution in [2.24, 2.45) is 0 Å². The van der Waals surface area contributed by atoms with Crippen molar-refractivity contribution in [3.8, 4) is 0 Å². The van der Waals surface area contributed by atoms with Crippen molar-refractivity contribution in [2.75, 3.05) is 0 Å². The van der Waals surface area contributed by atoms with Crippen molar-refractivity contribution in [1.82, 2.24) is 0 Å². The molecule has 136 valence electrons. The SMILES string of the molecule is Cc1c2c(cc3ccccc13)C(=O)c1cc3cc4ccccc4cc3cc1C2=O. The first-order chi connectivity index (χ1) is 14.1. The number of carbonyl (C=O) groups is 2. The molecule has 0 aliphatic heterocycles. The van der Waals surface area contributed by atoms with Gasteiger partial charge < -0.3 is 0 Å². The number of carbonyl (C=O) groups excluding carboxylic acids is 2. The lowest BCUT2D eigenvalue weighted by Crippen LogP contribution is -2.22. The molecule has 2 heteroatoms. The van der Waals surface area contributed by atoms with Gasteiger partial charge in [-0.2, -0.15) is 0 Å². The zero-order valence-electron chi connectivity index (χ0n) is 15.8. The second-order valence-corrected chi connectivity index (χ2v) is 7.75. The van der Waals surface area contributed by atoms with Crippen molar-refractivity contribution in [1.29, 1.82) is 0 Å². The predicted octanol–water partition coefficient (Wildman–Crippen LogP) is 6.23. The van der Waals surface area contributed by atoms with Crippen LogP contribution in [0, 0.1) is 6.92 Å². The number of fused-ring (bicyclic) bond motifs is 5. The highest BCUT2D eigenvalue weighted by atomic mass is 16.1. The molecule has 0 saturated heterocycles. The minimum Gasteiger partial charge on any atom is -0.289 e. The molecular formula is C27H16O2. The summed E-state index contributed by atoms with van der Waals surface area (Å²) in [5.74, 6) is -0.133. The summed E-state index contributed by atoms with van der Waals surface area (Å²) in [5, 5.41) is 6.20. The highest BCUT2D eigenvalue weighted by Crippen LogP contribution is 2.36. The van der Waals surface area contributed by atoms with Gasteiger partial charge in [0.15, 0.2) is 11.6 Å². The summed E-state index contributed by atoms with van der Waals surface area (Å²) in [7, 11) is 0. The Bertz CT molecular complexity index is 1540. The van der Waals surface area contributed by atoms with Crippen LogP contribution < -0.4 is 0 Å². The molecule has 5 aromatic rings. The van der Waals surface area contributed by atoms with E-state index in [2.05, 4.69) is 24.3 Å². The first-order valence-electron chi connectivity index (χ1n) is 9.70. The van der Waals surface area contributed by atoms with Crippen molar-refractivity contribution in [2.45, 2.75) is 6.92 Å². The Labute approximate surface area is 167 Å². The largest absolute Gasteiger partial charge is 0.289 e. The molecule has 0 saturated carbocycles. The summed E-state index contributed by atoms with van der Waals surface area (Å²) in [4.78, 5) is 26.9. The average Bonchev–Trinajstić information content (AvgIpc) is 2.75. The molecule has 0 atom stereocenters. The van der Waals surface area contributed by atoms with E-state index in [1.54, 1.807) is 0 Å². The van der Waals surface area contributed by atoms with E-state index in [0.29, 0.717) is 22.3 Å². The Morgan fingerprint density at radius 3 is 1.69 bits per heavy atom. The number of benzene rings is 5. The first-order valence-corrected chi connectivity index (χ1v) is 9.70. The van der Waals surface area contributed by atoms with Gasteiger partial charge in [0.2, 0.25) is 0 Å². The number of hydrogen-bond donors (Lipinski definition) is 0. The maximum atomic E-state index is 13.5. The molecule has 1 aliphatic carbocycles. The van der Waals surface area contributed by atoms with Gasteiger partial charge in [0.25, 0.3) is 0 Å². The van der Waals surface area contributed by atoms with Crippen LogP contribution in [0.2, 0.25) is 0 Å². The molecule has 0 fully saturated rings. The van der Waals surface area contributed by atoms with Crippen LogP contribution in [0.25, 0.3) is 32.3 Å². The molecule has 0 bridgehead atoms. The third-order valence-electron chi connectivity index (χ3n) is 6.11. The van der Waals surface area contributed by atoms with Crippen LogP contribution >= 0.6 is 0 Å². The summed E-state index contributed by atoms with van der Waals surface area (Å²) in [6, 6.07) is 25.9. The smallest absolute Gasteiger partial charge is 0.194 e. The minimum atomic E-state index is -0.0708. The molecule has 29 heavy (non-hydrogen) atoms. The molecule has 0 N–H and O–H groups in total. The molecule has 0 radical (unpaired) electrons. The molecule has 0 heterocycles. The maximum absolute atomic E-state index is 13.5. The highest BCUT2D eigenvalue weighted by Gasteiger charge is 2.32. The summed E-state index contributed by atoms with van der Waals surface area (Å²) in [5.41, 5.74) is 2.93. The molecule has 1 aliphatic rings. The van der Waals surface area contributed by atoms with Gasteiger partial charge in [-0.25, -0.2) is 0 Å². The summed E-state index contributed by atoms with van der Waals surface area (Å²) < 4.78 is 0. The van der Waals surface area contributed by atoms with Gasteiger partial charge in [0, 0.05) is 22.3 Å². The van der Waals surface area contributed by atoms with E-state index >= 15 is 0 Å². The number of rotatable bonds is 0. The van der Waals surface area contributed by atoms with Gasteiger partial charge in [-0.05, 0) is 75.1 Å². The van der Waals surface area contributed by atoms with Gasteiger partial charge in [0.1, 0.15) is 0 Å². The van der Waals surface area contributed by atoms with Gasteiger partial charge in [-0.3, -0.25) is 9.59 Å². The first kappa shape index (κ1) is 16.2. The fourth-order valence-electron chi connectivity index (χ4n) is 4.65. The van der Waals surface area contributed by atoms with E-state index in [-0.39, 0.29) is 11.6 Å². The zero-order valence-corrected chi connectivity index (χ0v) is 15.8. The second-order valence-electron chi connectivity index (χ2n) is 7.75. The Kier molecular flexibility index (Phi) is 3.14. The highest BCUT2D eigenvalue weighted by molar-refractivity contribution is 6.31. The fourth-order valence-corrected chi connectivity index (χ4v) is 4.65. The molecule has 6 rings (SSSR count). The molecule has 5 aromatic carbocycles. The lowest BCUT2D eigenvalue weighted by Gasteiger charge is -2.21. The van der Waals surface area contributed by atoms with Gasteiger partial charge in [0.05, 0.1) is 0 Å².